The molecule has 0 saturated heterocycles. The van der Waals surface area contributed by atoms with Crippen molar-refractivity contribution in [1.82, 2.24) is 4.98 Å². The molecule has 4 heteroatoms. The molecule has 0 aliphatic carbocycles. The lowest BCUT2D eigenvalue weighted by Crippen LogP contribution is -2.04. The highest BCUT2D eigenvalue weighted by Gasteiger charge is 2.30. The molecule has 0 N–H and O–H groups in total. The maximum Gasteiger partial charge on any atom is 0.416 e. The van der Waals surface area contributed by atoms with E-state index in [0.29, 0.717) is 11.3 Å². The van der Waals surface area contributed by atoms with Crippen LogP contribution in [0.1, 0.15) is 11.1 Å². The van der Waals surface area contributed by atoms with E-state index in [9.17, 15) is 13.2 Å². The molecule has 17 heavy (non-hydrogen) atoms. The molecule has 1 radical (unpaired) electrons. The summed E-state index contributed by atoms with van der Waals surface area (Å²) in [6.07, 6.45) is -2.72. The zero-order valence-corrected chi connectivity index (χ0v) is 9.05. The second-order valence-corrected chi connectivity index (χ2v) is 3.66. The number of hydrogen-bond donors (Lipinski definition) is 0. The summed E-state index contributed by atoms with van der Waals surface area (Å²) >= 11 is 0. The summed E-state index contributed by atoms with van der Waals surface area (Å²) in [5.41, 5.74) is 1.43. The summed E-state index contributed by atoms with van der Waals surface area (Å²) in [7, 11) is 0. The molecule has 1 aromatic heterocycles. The second-order valence-electron chi connectivity index (χ2n) is 3.66. The van der Waals surface area contributed by atoms with Crippen LogP contribution in [0.25, 0.3) is 11.3 Å². The van der Waals surface area contributed by atoms with E-state index < -0.39 is 11.7 Å². The Bertz CT molecular complexity index is 515. The van der Waals surface area contributed by atoms with E-state index in [1.807, 2.05) is 13.0 Å². The fourth-order valence-electron chi connectivity index (χ4n) is 1.52. The predicted octanol–water partition coefficient (Wildman–Crippen LogP) is 3.88. The van der Waals surface area contributed by atoms with Crippen molar-refractivity contribution in [3.05, 3.63) is 53.7 Å². The quantitative estimate of drug-likeness (QED) is 0.732. The Morgan fingerprint density at radius 2 is 1.94 bits per heavy atom. The Kier molecular flexibility index (Phi) is 2.88. The van der Waals surface area contributed by atoms with Crippen molar-refractivity contribution in [2.24, 2.45) is 0 Å². The third-order valence-electron chi connectivity index (χ3n) is 2.40. The minimum atomic E-state index is -4.33. The third-order valence-corrected chi connectivity index (χ3v) is 2.40. The van der Waals surface area contributed by atoms with Gasteiger partial charge in [0.1, 0.15) is 0 Å². The first-order valence-corrected chi connectivity index (χ1v) is 4.99. The third kappa shape index (κ3) is 2.46. The molecular weight excluding hydrogens is 227 g/mol. The topological polar surface area (TPSA) is 12.9 Å². The highest BCUT2D eigenvalue weighted by atomic mass is 19.4. The van der Waals surface area contributed by atoms with Gasteiger partial charge in [0, 0.05) is 11.8 Å². The minimum absolute atomic E-state index is 0.566. The van der Waals surface area contributed by atoms with Gasteiger partial charge in [0.05, 0.1) is 11.3 Å². The standard InChI is InChI=1S/C13H9F3N/c1-9-3-2-8-17-12(9)10-4-6-11(7-5-10)13(14,15)16/h2-4,6-8H,1H3. The van der Waals surface area contributed by atoms with Crippen molar-refractivity contribution in [3.63, 3.8) is 0 Å². The smallest absolute Gasteiger partial charge is 0.256 e. The molecule has 1 nitrogen and oxygen atoms in total. The number of nitrogens with zero attached hydrogens (tertiary/aromatic N) is 1. The Morgan fingerprint density at radius 3 is 2.47 bits per heavy atom. The van der Waals surface area contributed by atoms with Crippen molar-refractivity contribution in [2.45, 2.75) is 13.1 Å². The molecular formula is C13H9F3N. The van der Waals surface area contributed by atoms with E-state index in [1.54, 1.807) is 12.3 Å². The van der Waals surface area contributed by atoms with Gasteiger partial charge in [-0.25, -0.2) is 0 Å². The van der Waals surface area contributed by atoms with Crippen LogP contribution in [-0.2, 0) is 6.18 Å². The first-order chi connectivity index (χ1) is 7.98. The maximum absolute atomic E-state index is 12.4. The van der Waals surface area contributed by atoms with Crippen LogP contribution < -0.4 is 0 Å². The zero-order valence-electron chi connectivity index (χ0n) is 9.05. The summed E-state index contributed by atoms with van der Waals surface area (Å²) in [5.74, 6) is 0. The van der Waals surface area contributed by atoms with Crippen LogP contribution in [0.3, 0.4) is 0 Å². The Balaban J connectivity index is 2.40. The van der Waals surface area contributed by atoms with Gasteiger partial charge < -0.3 is 0 Å². The van der Waals surface area contributed by atoms with Crippen LogP contribution in [0.4, 0.5) is 13.2 Å². The Morgan fingerprint density at radius 1 is 1.18 bits per heavy atom. The summed E-state index contributed by atoms with van der Waals surface area (Å²) in [4.78, 5) is 4.13. The van der Waals surface area contributed by atoms with Crippen molar-refractivity contribution in [1.29, 1.82) is 0 Å². The molecule has 1 aromatic carbocycles. The Labute approximate surface area is 96.9 Å². The van der Waals surface area contributed by atoms with Gasteiger partial charge in [0.15, 0.2) is 0 Å². The molecule has 2 aromatic rings. The van der Waals surface area contributed by atoms with Crippen molar-refractivity contribution in [3.8, 4) is 11.3 Å². The molecule has 2 rings (SSSR count). The molecule has 0 spiro atoms. The molecule has 0 bridgehead atoms. The number of hydrogen-bond acceptors (Lipinski definition) is 1. The van der Waals surface area contributed by atoms with Gasteiger partial charge in [-0.15, -0.1) is 0 Å². The highest BCUT2D eigenvalue weighted by molar-refractivity contribution is 5.62. The second kappa shape index (κ2) is 4.20. The van der Waals surface area contributed by atoms with Gasteiger partial charge in [-0.3, -0.25) is 4.98 Å². The van der Waals surface area contributed by atoms with Gasteiger partial charge in [-0.1, -0.05) is 12.1 Å². The highest BCUT2D eigenvalue weighted by Crippen LogP contribution is 2.30. The van der Waals surface area contributed by atoms with Gasteiger partial charge >= 0.3 is 6.18 Å². The molecule has 0 fully saturated rings. The van der Waals surface area contributed by atoms with E-state index in [-0.39, 0.29) is 0 Å². The van der Waals surface area contributed by atoms with Gasteiger partial charge in [-0.2, -0.15) is 13.2 Å². The molecule has 0 aliphatic heterocycles. The fraction of sp³-hybridized carbons (Fsp3) is 0.154. The molecule has 0 atom stereocenters. The summed E-state index contributed by atoms with van der Waals surface area (Å²) in [6, 6.07) is 9.63. The minimum Gasteiger partial charge on any atom is -0.256 e. The van der Waals surface area contributed by atoms with Crippen LogP contribution in [0.5, 0.6) is 0 Å². The monoisotopic (exact) mass is 236 g/mol. The number of aromatic nitrogens is 1. The number of benzene rings is 1. The van der Waals surface area contributed by atoms with Crippen LogP contribution in [0, 0.1) is 13.0 Å². The van der Waals surface area contributed by atoms with E-state index in [2.05, 4.69) is 11.1 Å². The molecule has 0 saturated carbocycles. The molecule has 0 unspecified atom stereocenters. The van der Waals surface area contributed by atoms with Gasteiger partial charge in [0.2, 0.25) is 0 Å². The van der Waals surface area contributed by atoms with Gasteiger partial charge in [0.25, 0.3) is 0 Å². The number of rotatable bonds is 1. The van der Waals surface area contributed by atoms with E-state index in [0.717, 1.165) is 17.7 Å². The zero-order chi connectivity index (χ0) is 12.5. The molecule has 0 aliphatic rings. The number of alkyl halides is 3. The Hall–Kier alpha value is -1.84. The first-order valence-electron chi connectivity index (χ1n) is 4.99. The fourth-order valence-corrected chi connectivity index (χ4v) is 1.52. The number of halogens is 3. The first kappa shape index (κ1) is 11.6. The summed E-state index contributed by atoms with van der Waals surface area (Å²) in [6.45, 7) is 1.86. The van der Waals surface area contributed by atoms with Crippen LogP contribution >= 0.6 is 0 Å². The normalized spacial score (nSPS) is 11.5. The lowest BCUT2D eigenvalue weighted by molar-refractivity contribution is -0.137. The SMILES string of the molecule is Cc1cccnc1-c1[c]cc(C(F)(F)F)cc1. The molecule has 1 heterocycles. The van der Waals surface area contributed by atoms with Crippen LogP contribution in [0.2, 0.25) is 0 Å². The van der Waals surface area contributed by atoms with Crippen LogP contribution in [-0.4, -0.2) is 4.98 Å². The summed E-state index contributed by atoms with van der Waals surface area (Å²) < 4.78 is 37.1. The van der Waals surface area contributed by atoms with Crippen LogP contribution in [0.15, 0.2) is 36.5 Å². The lowest BCUT2D eigenvalue weighted by atomic mass is 10.0. The van der Waals surface area contributed by atoms with Crippen molar-refractivity contribution < 1.29 is 13.2 Å². The van der Waals surface area contributed by atoms with Crippen molar-refractivity contribution in [2.75, 3.05) is 0 Å². The van der Waals surface area contributed by atoms with Gasteiger partial charge in [-0.05, 0) is 36.8 Å². The van der Waals surface area contributed by atoms with E-state index in [4.69, 9.17) is 0 Å². The van der Waals surface area contributed by atoms with E-state index in [1.165, 1.54) is 6.07 Å². The number of aryl methyl sites for hydroxylation is 1. The predicted molar refractivity (Wildman–Crippen MR) is 58.2 cm³/mol. The molecule has 87 valence electrons. The van der Waals surface area contributed by atoms with E-state index >= 15 is 0 Å². The largest absolute Gasteiger partial charge is 0.416 e. The lowest BCUT2D eigenvalue weighted by Gasteiger charge is -2.08. The summed E-state index contributed by atoms with van der Waals surface area (Å²) in [5, 5.41) is 0. The average Bonchev–Trinajstić information content (AvgIpc) is 2.29. The number of pyridine rings is 1. The maximum atomic E-state index is 12.4. The molecule has 0 amide bonds. The average molecular weight is 236 g/mol. The van der Waals surface area contributed by atoms with Crippen molar-refractivity contribution >= 4 is 0 Å².